The third-order valence-electron chi connectivity index (χ3n) is 4.79. The number of para-hydroxylation sites is 1. The van der Waals surface area contributed by atoms with E-state index in [-0.39, 0.29) is 16.7 Å². The predicted octanol–water partition coefficient (Wildman–Crippen LogP) is 5.03. The summed E-state index contributed by atoms with van der Waals surface area (Å²) in [6, 6.07) is 13.5. The van der Waals surface area contributed by atoms with E-state index in [0.29, 0.717) is 11.8 Å². The largest absolute Gasteiger partial charge is 0.377 e. The normalized spacial score (nSPS) is 24.7. The van der Waals surface area contributed by atoms with Gasteiger partial charge < -0.3 is 5.32 Å². The third kappa shape index (κ3) is 2.43. The van der Waals surface area contributed by atoms with E-state index in [1.54, 1.807) is 18.2 Å². The Labute approximate surface area is 147 Å². The van der Waals surface area contributed by atoms with Crippen LogP contribution in [0.4, 0.5) is 11.4 Å². The molecule has 4 rings (SSSR count). The van der Waals surface area contributed by atoms with E-state index >= 15 is 0 Å². The van der Waals surface area contributed by atoms with Gasteiger partial charge in [0.2, 0.25) is 0 Å². The summed E-state index contributed by atoms with van der Waals surface area (Å²) in [4.78, 5) is 10.8. The summed E-state index contributed by atoms with van der Waals surface area (Å²) in [5, 5.41) is 14.7. The van der Waals surface area contributed by atoms with Crippen molar-refractivity contribution in [1.82, 2.24) is 0 Å². The van der Waals surface area contributed by atoms with Crippen LogP contribution in [0.15, 0.2) is 54.6 Å². The van der Waals surface area contributed by atoms with Crippen molar-refractivity contribution in [3.05, 3.63) is 79.4 Å². The van der Waals surface area contributed by atoms with Crippen LogP contribution in [-0.2, 0) is 0 Å². The van der Waals surface area contributed by atoms with Crippen LogP contribution in [0.3, 0.4) is 0 Å². The highest BCUT2D eigenvalue weighted by Crippen LogP contribution is 2.50. The van der Waals surface area contributed by atoms with E-state index in [2.05, 4.69) is 58.3 Å². The molecule has 1 heterocycles. The number of nitro benzene ring substituents is 1. The molecule has 1 aliphatic heterocycles. The number of nitrogens with one attached hydrogen (secondary N) is 1. The van der Waals surface area contributed by atoms with Crippen LogP contribution in [0.2, 0.25) is 0 Å². The molecule has 0 unspecified atom stereocenters. The molecule has 0 spiro atoms. The van der Waals surface area contributed by atoms with Crippen molar-refractivity contribution in [3.63, 3.8) is 0 Å². The molecule has 2 aromatic carbocycles. The maximum Gasteiger partial charge on any atom is 0.269 e. The Morgan fingerprint density at radius 1 is 1.22 bits per heavy atom. The maximum absolute atomic E-state index is 11.1. The number of nitro groups is 1. The van der Waals surface area contributed by atoms with Crippen LogP contribution in [0.5, 0.6) is 0 Å². The van der Waals surface area contributed by atoms with Gasteiger partial charge in [-0.05, 0) is 52.1 Å². The van der Waals surface area contributed by atoms with Crippen LogP contribution in [0.25, 0.3) is 0 Å². The number of nitrogens with zero attached hydrogens (tertiary/aromatic N) is 1. The van der Waals surface area contributed by atoms with Gasteiger partial charge in [-0.15, -0.1) is 0 Å². The van der Waals surface area contributed by atoms with E-state index in [1.807, 2.05) is 6.07 Å². The smallest absolute Gasteiger partial charge is 0.269 e. The number of benzene rings is 2. The second-order valence-corrected chi connectivity index (χ2v) is 7.19. The zero-order chi connectivity index (χ0) is 16.0. The zero-order valence-electron chi connectivity index (χ0n) is 12.3. The summed E-state index contributed by atoms with van der Waals surface area (Å²) < 4.78 is 1.19. The second-order valence-electron chi connectivity index (χ2n) is 6.03. The summed E-state index contributed by atoms with van der Waals surface area (Å²) >= 11 is 2.35. The quantitative estimate of drug-likeness (QED) is 0.322. The van der Waals surface area contributed by atoms with Gasteiger partial charge in [-0.2, -0.15) is 0 Å². The van der Waals surface area contributed by atoms with Gasteiger partial charge in [0.15, 0.2) is 0 Å². The molecule has 5 heteroatoms. The lowest BCUT2D eigenvalue weighted by Gasteiger charge is -2.38. The lowest BCUT2D eigenvalue weighted by atomic mass is 9.77. The molecule has 23 heavy (non-hydrogen) atoms. The number of hydrogen-bond acceptors (Lipinski definition) is 3. The standard InChI is InChI=1S/C18H15IN2O2/c19-16-9-3-8-15-13-6-2-7-14(13)17(20-18(15)16)11-4-1-5-12(10-11)21(22)23/h1-6,8-10,13-14,17,20H,7H2/t13-,14-,17-/m0/s1. The van der Waals surface area contributed by atoms with Gasteiger partial charge in [-0.1, -0.05) is 36.4 Å². The highest BCUT2D eigenvalue weighted by Gasteiger charge is 2.38. The average Bonchev–Trinajstić information content (AvgIpc) is 3.04. The van der Waals surface area contributed by atoms with Gasteiger partial charge in [0.1, 0.15) is 0 Å². The van der Waals surface area contributed by atoms with Gasteiger partial charge in [0.25, 0.3) is 5.69 Å². The average molecular weight is 418 g/mol. The summed E-state index contributed by atoms with van der Waals surface area (Å²) in [5.41, 5.74) is 3.64. The molecule has 2 aliphatic rings. The summed E-state index contributed by atoms with van der Waals surface area (Å²) in [6.07, 6.45) is 5.51. The highest BCUT2D eigenvalue weighted by molar-refractivity contribution is 14.1. The molecule has 0 radical (unpaired) electrons. The lowest BCUT2D eigenvalue weighted by molar-refractivity contribution is -0.384. The first kappa shape index (κ1) is 14.7. The Bertz CT molecular complexity index is 818. The van der Waals surface area contributed by atoms with Gasteiger partial charge in [-0.3, -0.25) is 10.1 Å². The molecule has 0 amide bonds. The Balaban J connectivity index is 1.80. The Morgan fingerprint density at radius 2 is 2.04 bits per heavy atom. The first-order chi connectivity index (χ1) is 11.1. The number of rotatable bonds is 2. The SMILES string of the molecule is O=[N+]([O-])c1cccc([C@@H]2Nc3c(I)cccc3[C@H]3C=CC[C@@H]32)c1. The van der Waals surface area contributed by atoms with E-state index in [9.17, 15) is 10.1 Å². The monoisotopic (exact) mass is 418 g/mol. The number of anilines is 1. The zero-order valence-corrected chi connectivity index (χ0v) is 14.4. The van der Waals surface area contributed by atoms with Crippen LogP contribution < -0.4 is 5.32 Å². The molecule has 0 saturated heterocycles. The van der Waals surface area contributed by atoms with Gasteiger partial charge >= 0.3 is 0 Å². The van der Waals surface area contributed by atoms with E-state index in [0.717, 1.165) is 17.7 Å². The maximum atomic E-state index is 11.1. The van der Waals surface area contributed by atoms with E-state index in [1.165, 1.54) is 9.13 Å². The Kier molecular flexibility index (Phi) is 3.60. The van der Waals surface area contributed by atoms with Crippen molar-refractivity contribution in [2.75, 3.05) is 5.32 Å². The van der Waals surface area contributed by atoms with Crippen molar-refractivity contribution in [1.29, 1.82) is 0 Å². The first-order valence-electron chi connectivity index (χ1n) is 7.61. The second kappa shape index (κ2) is 5.63. The molecule has 116 valence electrons. The van der Waals surface area contributed by atoms with Crippen molar-refractivity contribution >= 4 is 34.0 Å². The third-order valence-corrected chi connectivity index (χ3v) is 5.68. The van der Waals surface area contributed by atoms with Crippen molar-refractivity contribution in [2.24, 2.45) is 5.92 Å². The highest BCUT2D eigenvalue weighted by atomic mass is 127. The number of allylic oxidation sites excluding steroid dienone is 2. The molecular weight excluding hydrogens is 403 g/mol. The van der Waals surface area contributed by atoms with Crippen molar-refractivity contribution in [3.8, 4) is 0 Å². The molecule has 0 aromatic heterocycles. The van der Waals surface area contributed by atoms with Crippen LogP contribution in [-0.4, -0.2) is 4.92 Å². The molecule has 1 aliphatic carbocycles. The van der Waals surface area contributed by atoms with E-state index < -0.39 is 0 Å². The molecule has 0 fully saturated rings. The van der Waals surface area contributed by atoms with Crippen LogP contribution in [0.1, 0.15) is 29.5 Å². The van der Waals surface area contributed by atoms with Gasteiger partial charge in [0.05, 0.1) is 16.7 Å². The minimum Gasteiger partial charge on any atom is -0.377 e. The van der Waals surface area contributed by atoms with Gasteiger partial charge in [0, 0.05) is 21.6 Å². The molecule has 0 saturated carbocycles. The fraction of sp³-hybridized carbons (Fsp3) is 0.222. The number of halogens is 1. The van der Waals surface area contributed by atoms with Crippen molar-refractivity contribution < 1.29 is 4.92 Å². The van der Waals surface area contributed by atoms with Crippen LogP contribution >= 0.6 is 22.6 Å². The topological polar surface area (TPSA) is 55.2 Å². The fourth-order valence-electron chi connectivity index (χ4n) is 3.75. The minimum absolute atomic E-state index is 0.0957. The lowest BCUT2D eigenvalue weighted by Crippen LogP contribution is -2.29. The van der Waals surface area contributed by atoms with E-state index in [4.69, 9.17) is 0 Å². The number of hydrogen-bond donors (Lipinski definition) is 1. The predicted molar refractivity (Wildman–Crippen MR) is 98.6 cm³/mol. The summed E-state index contributed by atoms with van der Waals surface area (Å²) in [6.45, 7) is 0. The molecule has 0 bridgehead atoms. The minimum atomic E-state index is -0.325. The Morgan fingerprint density at radius 3 is 2.87 bits per heavy atom. The van der Waals surface area contributed by atoms with Crippen LogP contribution in [0, 0.1) is 19.6 Å². The summed E-state index contributed by atoms with van der Waals surface area (Å²) in [5.74, 6) is 0.785. The van der Waals surface area contributed by atoms with Gasteiger partial charge in [-0.25, -0.2) is 0 Å². The molecule has 3 atom stereocenters. The molecular formula is C18H15IN2O2. The molecule has 1 N–H and O–H groups in total. The van der Waals surface area contributed by atoms with Crippen molar-refractivity contribution in [2.45, 2.75) is 18.4 Å². The number of non-ortho nitro benzene ring substituents is 1. The Hall–Kier alpha value is -1.89. The molecule has 2 aromatic rings. The number of fused-ring (bicyclic) bond motifs is 3. The first-order valence-corrected chi connectivity index (χ1v) is 8.69. The fourth-order valence-corrected chi connectivity index (χ4v) is 4.42. The molecule has 4 nitrogen and oxygen atoms in total. The summed E-state index contributed by atoms with van der Waals surface area (Å²) in [7, 11) is 0.